The molecule has 36 heavy (non-hydrogen) atoms. The van der Waals surface area contributed by atoms with E-state index in [1.165, 1.54) is 30.3 Å². The molecule has 1 saturated heterocycles. The van der Waals surface area contributed by atoms with Crippen molar-refractivity contribution in [2.24, 2.45) is 5.92 Å². The largest absolute Gasteiger partial charge is 0.492 e. The molecule has 11 heteroatoms. The van der Waals surface area contributed by atoms with E-state index in [1.54, 1.807) is 9.80 Å². The first-order valence-electron chi connectivity index (χ1n) is 11.9. The van der Waals surface area contributed by atoms with E-state index >= 15 is 0 Å². The summed E-state index contributed by atoms with van der Waals surface area (Å²) in [5.74, 6) is -0.430. The van der Waals surface area contributed by atoms with Crippen molar-refractivity contribution in [2.45, 2.75) is 41.7 Å². The third-order valence-corrected chi connectivity index (χ3v) is 9.67. The second-order valence-corrected chi connectivity index (χ2v) is 14.0. The van der Waals surface area contributed by atoms with Gasteiger partial charge in [0.1, 0.15) is 11.6 Å². The van der Waals surface area contributed by atoms with E-state index in [1.807, 2.05) is 13.8 Å². The fourth-order valence-electron chi connectivity index (χ4n) is 4.10. The van der Waals surface area contributed by atoms with Crippen LogP contribution in [0.15, 0.2) is 46.2 Å². The average molecular weight is 539 g/mol. The number of nitrogens with zero attached hydrogens (tertiary/aromatic N) is 2. The van der Waals surface area contributed by atoms with E-state index in [9.17, 15) is 26.0 Å². The summed E-state index contributed by atoms with van der Waals surface area (Å²) < 4.78 is 69.6. The Morgan fingerprint density at radius 1 is 1.00 bits per heavy atom. The smallest absolute Gasteiger partial charge is 0.257 e. The molecule has 2 aromatic rings. The minimum absolute atomic E-state index is 0.000232. The van der Waals surface area contributed by atoms with Crippen molar-refractivity contribution in [1.29, 1.82) is 0 Å². The Hall–Kier alpha value is -2.66. The van der Waals surface area contributed by atoms with Crippen molar-refractivity contribution in [3.05, 3.63) is 47.8 Å². The zero-order valence-corrected chi connectivity index (χ0v) is 22.2. The second-order valence-electron chi connectivity index (χ2n) is 9.77. The summed E-state index contributed by atoms with van der Waals surface area (Å²) in [6.45, 7) is 5.56. The van der Waals surface area contributed by atoms with Gasteiger partial charge in [0.2, 0.25) is 0 Å². The third-order valence-electron chi connectivity index (χ3n) is 6.30. The molecule has 2 aromatic carbocycles. The van der Waals surface area contributed by atoms with Gasteiger partial charge in [0.05, 0.1) is 32.9 Å². The summed E-state index contributed by atoms with van der Waals surface area (Å²) in [7, 11) is -7.00. The molecule has 0 radical (unpaired) electrons. The number of ether oxygens (including phenoxy) is 1. The van der Waals surface area contributed by atoms with Crippen LogP contribution in [-0.4, -0.2) is 71.9 Å². The number of benzene rings is 2. The first-order valence-corrected chi connectivity index (χ1v) is 15.4. The van der Waals surface area contributed by atoms with Crippen LogP contribution in [0.1, 0.15) is 37.0 Å². The van der Waals surface area contributed by atoms with Crippen LogP contribution in [0.4, 0.5) is 10.1 Å². The lowest BCUT2D eigenvalue weighted by Gasteiger charge is -2.36. The van der Waals surface area contributed by atoms with Gasteiger partial charge in [0.15, 0.2) is 19.7 Å². The molecule has 0 unspecified atom stereocenters. The van der Waals surface area contributed by atoms with E-state index in [2.05, 4.69) is 0 Å². The molecule has 0 N–H and O–H groups in total. The lowest BCUT2D eigenvalue weighted by Crippen LogP contribution is -2.49. The fraction of sp³-hybridized carbons (Fsp3) is 0.480. The van der Waals surface area contributed by atoms with Crippen LogP contribution >= 0.6 is 0 Å². The van der Waals surface area contributed by atoms with Gasteiger partial charge in [-0.2, -0.15) is 0 Å². The SMILES string of the molecule is CC(C)COc1ccc(S(C)(=O)=O)cc1C(=O)N1CCN(c2ccc(S(=O)(=O)C3CC3)cc2F)CC1. The highest BCUT2D eigenvalue weighted by Gasteiger charge is 2.37. The van der Waals surface area contributed by atoms with Gasteiger partial charge in [-0.15, -0.1) is 0 Å². The van der Waals surface area contributed by atoms with Crippen LogP contribution in [0.25, 0.3) is 0 Å². The molecule has 2 fully saturated rings. The Morgan fingerprint density at radius 2 is 1.64 bits per heavy atom. The highest BCUT2D eigenvalue weighted by atomic mass is 32.2. The number of piperazine rings is 1. The summed E-state index contributed by atoms with van der Waals surface area (Å²) in [6, 6.07) is 8.28. The molecule has 1 aliphatic carbocycles. The van der Waals surface area contributed by atoms with E-state index in [0.717, 1.165) is 12.3 Å². The van der Waals surface area contributed by atoms with E-state index < -0.39 is 30.7 Å². The Balaban J connectivity index is 1.50. The number of rotatable bonds is 8. The van der Waals surface area contributed by atoms with Gasteiger partial charge in [-0.1, -0.05) is 13.8 Å². The molecule has 1 amide bonds. The standard InChI is InChI=1S/C25H31FN2O6S2/c1-17(2)16-34-24-9-7-19(35(3,30)31)14-21(24)25(29)28-12-10-27(11-13-28)23-8-6-20(15-22(23)26)36(32,33)18-4-5-18/h6-9,14-15,17-18H,4-5,10-13,16H2,1-3H3. The number of amides is 1. The van der Waals surface area contributed by atoms with Crippen molar-refractivity contribution in [1.82, 2.24) is 4.90 Å². The lowest BCUT2D eigenvalue weighted by atomic mass is 10.1. The third kappa shape index (κ3) is 5.67. The van der Waals surface area contributed by atoms with Crippen LogP contribution in [0.5, 0.6) is 5.75 Å². The normalized spacial score (nSPS) is 16.9. The quantitative estimate of drug-likeness (QED) is 0.509. The molecule has 0 aromatic heterocycles. The molecule has 1 heterocycles. The van der Waals surface area contributed by atoms with Gasteiger partial charge in [0.25, 0.3) is 5.91 Å². The predicted octanol–water partition coefficient (Wildman–Crippen LogP) is 3.16. The average Bonchev–Trinajstić information content (AvgIpc) is 3.68. The van der Waals surface area contributed by atoms with Crippen molar-refractivity contribution < 1.29 is 30.8 Å². The van der Waals surface area contributed by atoms with E-state index in [-0.39, 0.29) is 46.0 Å². The monoisotopic (exact) mass is 538 g/mol. The maximum Gasteiger partial charge on any atom is 0.257 e. The summed E-state index contributed by atoms with van der Waals surface area (Å²) in [6.07, 6.45) is 2.30. The molecule has 1 saturated carbocycles. The molecule has 0 bridgehead atoms. The number of anilines is 1. The van der Waals surface area contributed by atoms with Gasteiger partial charge in [-0.3, -0.25) is 4.79 Å². The van der Waals surface area contributed by atoms with Crippen LogP contribution in [0.3, 0.4) is 0 Å². The summed E-state index contributed by atoms with van der Waals surface area (Å²) in [4.78, 5) is 16.8. The number of hydrogen-bond donors (Lipinski definition) is 0. The van der Waals surface area contributed by atoms with Crippen LogP contribution in [0.2, 0.25) is 0 Å². The van der Waals surface area contributed by atoms with Crippen molar-refractivity contribution in [3.63, 3.8) is 0 Å². The molecule has 4 rings (SSSR count). The number of hydrogen-bond acceptors (Lipinski definition) is 7. The molecular weight excluding hydrogens is 507 g/mol. The van der Waals surface area contributed by atoms with Gasteiger partial charge < -0.3 is 14.5 Å². The molecule has 0 atom stereocenters. The molecule has 8 nitrogen and oxygen atoms in total. The minimum atomic E-state index is -3.52. The number of carbonyl (C=O) groups excluding carboxylic acids is 1. The van der Waals surface area contributed by atoms with Crippen molar-refractivity contribution in [2.75, 3.05) is 43.9 Å². The number of carbonyl (C=O) groups is 1. The van der Waals surface area contributed by atoms with Gasteiger partial charge in [-0.05, 0) is 55.2 Å². The Kier molecular flexibility index (Phi) is 7.34. The first-order chi connectivity index (χ1) is 16.9. The second kappa shape index (κ2) is 10.0. The molecule has 0 spiro atoms. The van der Waals surface area contributed by atoms with Crippen LogP contribution in [-0.2, 0) is 19.7 Å². The van der Waals surface area contributed by atoms with Crippen LogP contribution < -0.4 is 9.64 Å². The fourth-order valence-corrected chi connectivity index (χ4v) is 6.42. The Bertz CT molecular complexity index is 1360. The summed E-state index contributed by atoms with van der Waals surface area (Å²) in [5.41, 5.74) is 0.463. The predicted molar refractivity (Wildman–Crippen MR) is 135 cm³/mol. The van der Waals surface area contributed by atoms with Gasteiger partial charge in [-0.25, -0.2) is 21.2 Å². The zero-order chi connectivity index (χ0) is 26.3. The maximum atomic E-state index is 14.9. The zero-order valence-electron chi connectivity index (χ0n) is 20.6. The van der Waals surface area contributed by atoms with Gasteiger partial charge in [0, 0.05) is 32.4 Å². The number of sulfone groups is 2. The number of halogens is 1. The topological polar surface area (TPSA) is 101 Å². The lowest BCUT2D eigenvalue weighted by molar-refractivity contribution is 0.0741. The maximum absolute atomic E-state index is 14.9. The molecule has 196 valence electrons. The van der Waals surface area contributed by atoms with Gasteiger partial charge >= 0.3 is 0 Å². The van der Waals surface area contributed by atoms with E-state index in [4.69, 9.17) is 4.74 Å². The first kappa shape index (κ1) is 26.4. The molecule has 1 aliphatic heterocycles. The Morgan fingerprint density at radius 3 is 2.19 bits per heavy atom. The molecular formula is C25H31FN2O6S2. The Labute approximate surface area is 211 Å². The molecule has 2 aliphatic rings. The van der Waals surface area contributed by atoms with Crippen LogP contribution in [0, 0.1) is 11.7 Å². The van der Waals surface area contributed by atoms with Crippen molar-refractivity contribution >= 4 is 31.3 Å². The highest BCUT2D eigenvalue weighted by molar-refractivity contribution is 7.92. The summed E-state index contributed by atoms with van der Waals surface area (Å²) in [5, 5.41) is -0.409. The van der Waals surface area contributed by atoms with E-state index in [0.29, 0.717) is 38.3 Å². The summed E-state index contributed by atoms with van der Waals surface area (Å²) >= 11 is 0. The van der Waals surface area contributed by atoms with Crippen molar-refractivity contribution in [3.8, 4) is 5.75 Å². The highest BCUT2D eigenvalue weighted by Crippen LogP contribution is 2.35. The minimum Gasteiger partial charge on any atom is -0.492 e.